The molecule has 0 aliphatic carbocycles. The van der Waals surface area contributed by atoms with E-state index in [9.17, 15) is 19.2 Å². The van der Waals surface area contributed by atoms with Gasteiger partial charge in [0, 0.05) is 12.2 Å². The molecule has 1 saturated heterocycles. The molecule has 0 spiro atoms. The monoisotopic (exact) mass is 451 g/mol. The summed E-state index contributed by atoms with van der Waals surface area (Å²) in [6, 6.07) is 13.7. The molecule has 1 fully saturated rings. The summed E-state index contributed by atoms with van der Waals surface area (Å²) in [5.41, 5.74) is 1.35. The second-order valence-corrected chi connectivity index (χ2v) is 8.23. The van der Waals surface area contributed by atoms with Crippen molar-refractivity contribution in [3.8, 4) is 0 Å². The lowest BCUT2D eigenvalue weighted by Gasteiger charge is -2.22. The number of imide groups is 1. The molecule has 0 bridgehead atoms. The summed E-state index contributed by atoms with van der Waals surface area (Å²) in [6.07, 6.45) is 0.556. The molecule has 1 aliphatic heterocycles. The minimum absolute atomic E-state index is 0.161. The van der Waals surface area contributed by atoms with Crippen LogP contribution >= 0.6 is 0 Å². The highest BCUT2D eigenvalue weighted by molar-refractivity contribution is 6.22. The lowest BCUT2D eigenvalue weighted by Crippen LogP contribution is -2.39. The van der Waals surface area contributed by atoms with Gasteiger partial charge in [0.05, 0.1) is 24.3 Å². The van der Waals surface area contributed by atoms with Crippen LogP contribution in [-0.4, -0.2) is 47.9 Å². The molecule has 8 nitrogen and oxygen atoms in total. The number of nitrogens with zero attached hydrogens (tertiary/aromatic N) is 2. The SMILES string of the molecule is CCOC(=O)c1ccc(NC(=O)C[C@@H]2C(=O)N(c3ccccc3)C(=O)N2CCC(C)C)cc1. The molecule has 3 rings (SSSR count). The Kier molecular flexibility index (Phi) is 7.82. The van der Waals surface area contributed by atoms with Gasteiger partial charge < -0.3 is 15.0 Å². The molecule has 2 aromatic rings. The Bertz CT molecular complexity index is 1000. The number of urea groups is 1. The highest BCUT2D eigenvalue weighted by Crippen LogP contribution is 2.27. The van der Waals surface area contributed by atoms with Gasteiger partial charge >= 0.3 is 12.0 Å². The van der Waals surface area contributed by atoms with Gasteiger partial charge in [-0.25, -0.2) is 14.5 Å². The topological polar surface area (TPSA) is 96.0 Å². The van der Waals surface area contributed by atoms with E-state index in [2.05, 4.69) is 5.32 Å². The Labute approximate surface area is 193 Å². The van der Waals surface area contributed by atoms with Crippen LogP contribution in [0.5, 0.6) is 0 Å². The maximum atomic E-state index is 13.2. The lowest BCUT2D eigenvalue weighted by atomic mass is 10.1. The number of para-hydroxylation sites is 1. The van der Waals surface area contributed by atoms with E-state index >= 15 is 0 Å². The Morgan fingerprint density at radius 3 is 2.30 bits per heavy atom. The first-order valence-corrected chi connectivity index (χ1v) is 11.1. The van der Waals surface area contributed by atoms with Gasteiger partial charge in [0.1, 0.15) is 6.04 Å². The van der Waals surface area contributed by atoms with Crippen LogP contribution in [0, 0.1) is 5.92 Å². The fourth-order valence-electron chi connectivity index (χ4n) is 3.59. The number of hydrogen-bond donors (Lipinski definition) is 1. The fourth-order valence-corrected chi connectivity index (χ4v) is 3.59. The van der Waals surface area contributed by atoms with Crippen molar-refractivity contribution >= 4 is 35.2 Å². The fraction of sp³-hybridized carbons (Fsp3) is 0.360. The molecule has 0 unspecified atom stereocenters. The van der Waals surface area contributed by atoms with Crippen LogP contribution < -0.4 is 10.2 Å². The number of carbonyl (C=O) groups is 4. The summed E-state index contributed by atoms with van der Waals surface area (Å²) in [7, 11) is 0. The van der Waals surface area contributed by atoms with E-state index in [1.54, 1.807) is 55.5 Å². The Hall–Kier alpha value is -3.68. The van der Waals surface area contributed by atoms with Crippen LogP contribution in [0.25, 0.3) is 0 Å². The molecular weight excluding hydrogens is 422 g/mol. The number of ether oxygens (including phenoxy) is 1. The molecule has 1 atom stereocenters. The molecule has 8 heteroatoms. The number of esters is 1. The van der Waals surface area contributed by atoms with Crippen LogP contribution in [0.1, 0.15) is 44.0 Å². The van der Waals surface area contributed by atoms with E-state index in [4.69, 9.17) is 4.74 Å². The number of benzene rings is 2. The summed E-state index contributed by atoms with van der Waals surface area (Å²) in [5.74, 6) is -0.907. The average Bonchev–Trinajstić information content (AvgIpc) is 3.02. The van der Waals surface area contributed by atoms with Gasteiger partial charge in [0.25, 0.3) is 5.91 Å². The summed E-state index contributed by atoms with van der Waals surface area (Å²) >= 11 is 0. The first-order valence-electron chi connectivity index (χ1n) is 11.1. The quantitative estimate of drug-likeness (QED) is 0.458. The summed E-state index contributed by atoms with van der Waals surface area (Å²) in [6.45, 7) is 6.47. The van der Waals surface area contributed by atoms with Gasteiger partial charge in [-0.15, -0.1) is 0 Å². The number of carbonyl (C=O) groups excluding carboxylic acids is 4. The molecule has 4 amide bonds. The van der Waals surface area contributed by atoms with E-state index in [0.717, 1.165) is 11.3 Å². The van der Waals surface area contributed by atoms with Crippen molar-refractivity contribution in [1.82, 2.24) is 4.90 Å². The zero-order valence-corrected chi connectivity index (χ0v) is 19.1. The third-order valence-corrected chi connectivity index (χ3v) is 5.34. The van der Waals surface area contributed by atoms with Crippen molar-refractivity contribution in [2.45, 2.75) is 39.7 Å². The highest BCUT2D eigenvalue weighted by Gasteiger charge is 2.46. The predicted molar refractivity (Wildman–Crippen MR) is 125 cm³/mol. The normalized spacial score (nSPS) is 15.8. The lowest BCUT2D eigenvalue weighted by molar-refractivity contribution is -0.124. The second-order valence-electron chi connectivity index (χ2n) is 8.23. The number of amides is 4. The van der Waals surface area contributed by atoms with Crippen LogP contribution in [-0.2, 0) is 14.3 Å². The van der Waals surface area contributed by atoms with Crippen LogP contribution in [0.2, 0.25) is 0 Å². The van der Waals surface area contributed by atoms with Crippen LogP contribution in [0.4, 0.5) is 16.2 Å². The van der Waals surface area contributed by atoms with Crippen LogP contribution in [0.3, 0.4) is 0 Å². The van der Waals surface area contributed by atoms with Crippen molar-refractivity contribution in [1.29, 1.82) is 0 Å². The average molecular weight is 452 g/mol. The smallest absolute Gasteiger partial charge is 0.338 e. The maximum absolute atomic E-state index is 13.2. The predicted octanol–water partition coefficient (Wildman–Crippen LogP) is 4.08. The summed E-state index contributed by atoms with van der Waals surface area (Å²) in [5, 5.41) is 2.74. The standard InChI is InChI=1S/C25H29N3O5/c1-4-33-24(31)18-10-12-19(13-11-18)26-22(29)16-21-23(30)28(20-8-6-5-7-9-20)25(32)27(21)15-14-17(2)3/h5-13,17,21H,4,14-16H2,1-3H3,(H,26,29)/t21-/m1/s1. The molecular formula is C25H29N3O5. The maximum Gasteiger partial charge on any atom is 0.338 e. The largest absolute Gasteiger partial charge is 0.462 e. The molecule has 1 N–H and O–H groups in total. The zero-order valence-electron chi connectivity index (χ0n) is 19.1. The van der Waals surface area contributed by atoms with Gasteiger partial charge in [-0.2, -0.15) is 0 Å². The Balaban J connectivity index is 1.73. The van der Waals surface area contributed by atoms with Crippen molar-refractivity contribution < 1.29 is 23.9 Å². The van der Waals surface area contributed by atoms with Gasteiger partial charge in [0.2, 0.25) is 5.91 Å². The highest BCUT2D eigenvalue weighted by atomic mass is 16.5. The Morgan fingerprint density at radius 1 is 1.03 bits per heavy atom. The van der Waals surface area contributed by atoms with Gasteiger partial charge in [-0.1, -0.05) is 32.0 Å². The molecule has 174 valence electrons. The van der Waals surface area contributed by atoms with E-state index in [1.165, 1.54) is 4.90 Å². The first kappa shape index (κ1) is 24.0. The molecule has 1 aliphatic rings. The molecule has 2 aromatic carbocycles. The molecule has 0 aromatic heterocycles. The summed E-state index contributed by atoms with van der Waals surface area (Å²) < 4.78 is 4.95. The van der Waals surface area contributed by atoms with Crippen LogP contribution in [0.15, 0.2) is 54.6 Å². The minimum atomic E-state index is -0.879. The molecule has 0 saturated carbocycles. The molecule has 0 radical (unpaired) electrons. The number of hydrogen-bond acceptors (Lipinski definition) is 5. The first-order chi connectivity index (χ1) is 15.8. The van der Waals surface area contributed by atoms with E-state index < -0.39 is 29.9 Å². The minimum Gasteiger partial charge on any atom is -0.462 e. The van der Waals surface area contributed by atoms with E-state index in [-0.39, 0.29) is 13.0 Å². The third kappa shape index (κ3) is 5.77. The Morgan fingerprint density at radius 2 is 1.70 bits per heavy atom. The van der Waals surface area contributed by atoms with Gasteiger partial charge in [0.15, 0.2) is 0 Å². The second kappa shape index (κ2) is 10.8. The number of rotatable bonds is 9. The zero-order chi connectivity index (χ0) is 24.0. The van der Waals surface area contributed by atoms with E-state index in [1.807, 2.05) is 19.9 Å². The van der Waals surface area contributed by atoms with Crippen molar-refractivity contribution in [3.05, 3.63) is 60.2 Å². The number of anilines is 2. The van der Waals surface area contributed by atoms with Crippen molar-refractivity contribution in [2.75, 3.05) is 23.4 Å². The van der Waals surface area contributed by atoms with Gasteiger partial charge in [-0.3, -0.25) is 9.59 Å². The third-order valence-electron chi connectivity index (χ3n) is 5.34. The van der Waals surface area contributed by atoms with Crippen molar-refractivity contribution in [3.63, 3.8) is 0 Å². The van der Waals surface area contributed by atoms with E-state index in [0.29, 0.717) is 29.4 Å². The van der Waals surface area contributed by atoms with Crippen molar-refractivity contribution in [2.24, 2.45) is 5.92 Å². The summed E-state index contributed by atoms with van der Waals surface area (Å²) in [4.78, 5) is 53.4. The van der Waals surface area contributed by atoms with Gasteiger partial charge in [-0.05, 0) is 55.7 Å². The molecule has 1 heterocycles. The number of nitrogens with one attached hydrogen (secondary N) is 1. The molecule has 33 heavy (non-hydrogen) atoms.